The molecule has 1 fully saturated rings. The maximum atomic E-state index is 13.7. The van der Waals surface area contributed by atoms with Crippen LogP contribution in [0, 0.1) is 23.1 Å². The highest BCUT2D eigenvalue weighted by Crippen LogP contribution is 2.25. The van der Waals surface area contributed by atoms with Crippen molar-refractivity contribution in [2.45, 2.75) is 32.9 Å². The smallest absolute Gasteiger partial charge is 0.129 e. The first kappa shape index (κ1) is 12.1. The van der Waals surface area contributed by atoms with Crippen LogP contribution in [0.1, 0.15) is 31.4 Å². The van der Waals surface area contributed by atoms with Crippen LogP contribution in [0.3, 0.4) is 0 Å². The van der Waals surface area contributed by atoms with E-state index in [0.717, 1.165) is 6.54 Å². The van der Waals surface area contributed by atoms with E-state index in [2.05, 4.69) is 18.7 Å². The number of likely N-dealkylation sites (tertiary alicyclic amines) is 1. The zero-order chi connectivity index (χ0) is 12.4. The van der Waals surface area contributed by atoms with Crippen LogP contribution in [0.4, 0.5) is 4.39 Å². The van der Waals surface area contributed by atoms with E-state index in [4.69, 9.17) is 5.26 Å². The fourth-order valence-electron chi connectivity index (χ4n) is 2.57. The van der Waals surface area contributed by atoms with Gasteiger partial charge in [-0.25, -0.2) is 4.39 Å². The normalized spacial score (nSPS) is 24.8. The molecule has 1 aliphatic heterocycles. The lowest BCUT2D eigenvalue weighted by Gasteiger charge is -2.21. The number of rotatable bonds is 2. The van der Waals surface area contributed by atoms with Gasteiger partial charge in [-0.15, -0.1) is 0 Å². The minimum atomic E-state index is -0.268. The topological polar surface area (TPSA) is 27.0 Å². The van der Waals surface area contributed by atoms with Gasteiger partial charge >= 0.3 is 0 Å². The molecule has 0 aromatic heterocycles. The van der Waals surface area contributed by atoms with Crippen molar-refractivity contribution in [2.24, 2.45) is 5.92 Å². The number of nitrogens with zero attached hydrogens (tertiary/aromatic N) is 2. The van der Waals surface area contributed by atoms with E-state index in [9.17, 15) is 4.39 Å². The van der Waals surface area contributed by atoms with Gasteiger partial charge < -0.3 is 0 Å². The molecule has 0 radical (unpaired) electrons. The summed E-state index contributed by atoms with van der Waals surface area (Å²) in [6, 6.07) is 7.19. The van der Waals surface area contributed by atoms with Crippen molar-refractivity contribution < 1.29 is 4.39 Å². The Morgan fingerprint density at radius 2 is 2.24 bits per heavy atom. The zero-order valence-electron chi connectivity index (χ0n) is 10.3. The number of nitriles is 1. The molecule has 2 atom stereocenters. The van der Waals surface area contributed by atoms with E-state index in [-0.39, 0.29) is 5.82 Å². The third-order valence-electron chi connectivity index (χ3n) is 3.47. The van der Waals surface area contributed by atoms with E-state index >= 15 is 0 Å². The highest BCUT2D eigenvalue weighted by Gasteiger charge is 2.26. The molecule has 0 spiro atoms. The molecule has 1 heterocycles. The molecule has 3 heteroatoms. The summed E-state index contributed by atoms with van der Waals surface area (Å²) in [7, 11) is 0. The summed E-state index contributed by atoms with van der Waals surface area (Å²) in [5, 5.41) is 8.69. The van der Waals surface area contributed by atoms with Crippen molar-refractivity contribution in [2.75, 3.05) is 6.54 Å². The Balaban J connectivity index is 2.12. The lowest BCUT2D eigenvalue weighted by molar-refractivity contribution is 0.253. The van der Waals surface area contributed by atoms with E-state index < -0.39 is 0 Å². The number of halogens is 1. The largest absolute Gasteiger partial charge is 0.296 e. The van der Waals surface area contributed by atoms with E-state index in [1.54, 1.807) is 12.1 Å². The van der Waals surface area contributed by atoms with E-state index in [1.165, 1.54) is 12.5 Å². The fourth-order valence-corrected chi connectivity index (χ4v) is 2.57. The van der Waals surface area contributed by atoms with Crippen molar-refractivity contribution in [3.05, 3.63) is 35.1 Å². The quantitative estimate of drug-likeness (QED) is 0.784. The Morgan fingerprint density at radius 1 is 1.47 bits per heavy atom. The predicted molar refractivity (Wildman–Crippen MR) is 64.8 cm³/mol. The number of hydrogen-bond acceptors (Lipinski definition) is 2. The first-order chi connectivity index (χ1) is 8.10. The second-order valence-electron chi connectivity index (χ2n) is 5.04. The average Bonchev–Trinajstić information content (AvgIpc) is 2.60. The van der Waals surface area contributed by atoms with Crippen LogP contribution < -0.4 is 0 Å². The molecule has 0 amide bonds. The zero-order valence-corrected chi connectivity index (χ0v) is 10.3. The maximum absolute atomic E-state index is 13.7. The number of benzene rings is 1. The van der Waals surface area contributed by atoms with Crippen molar-refractivity contribution >= 4 is 0 Å². The summed E-state index contributed by atoms with van der Waals surface area (Å²) in [4.78, 5) is 2.30. The molecule has 1 aromatic carbocycles. The van der Waals surface area contributed by atoms with Crippen LogP contribution in [0.5, 0.6) is 0 Å². The van der Waals surface area contributed by atoms with Crippen molar-refractivity contribution in [1.82, 2.24) is 4.90 Å². The highest BCUT2D eigenvalue weighted by atomic mass is 19.1. The van der Waals surface area contributed by atoms with Crippen LogP contribution in [-0.4, -0.2) is 17.5 Å². The summed E-state index contributed by atoms with van der Waals surface area (Å²) < 4.78 is 13.7. The van der Waals surface area contributed by atoms with Gasteiger partial charge in [-0.3, -0.25) is 4.90 Å². The maximum Gasteiger partial charge on any atom is 0.129 e. The number of hydrogen-bond donors (Lipinski definition) is 0. The summed E-state index contributed by atoms with van der Waals surface area (Å²) in [5.74, 6) is 0.419. The molecule has 0 saturated carbocycles. The lowest BCUT2D eigenvalue weighted by atomic mass is 10.1. The summed E-state index contributed by atoms with van der Waals surface area (Å²) in [6.07, 6.45) is 1.18. The Kier molecular flexibility index (Phi) is 3.44. The van der Waals surface area contributed by atoms with Crippen molar-refractivity contribution in [3.8, 4) is 6.07 Å². The third kappa shape index (κ3) is 2.65. The molecule has 1 aromatic rings. The minimum absolute atomic E-state index is 0.268. The van der Waals surface area contributed by atoms with Crippen molar-refractivity contribution in [3.63, 3.8) is 0 Å². The molecule has 0 bridgehead atoms. The monoisotopic (exact) mass is 232 g/mol. The van der Waals surface area contributed by atoms with Crippen LogP contribution >= 0.6 is 0 Å². The van der Waals surface area contributed by atoms with Gasteiger partial charge in [-0.1, -0.05) is 13.0 Å². The van der Waals surface area contributed by atoms with Gasteiger partial charge in [0.1, 0.15) is 5.82 Å². The summed E-state index contributed by atoms with van der Waals surface area (Å²) in [5.41, 5.74) is 1.07. The van der Waals surface area contributed by atoms with Gasteiger partial charge in [0.2, 0.25) is 0 Å². The van der Waals surface area contributed by atoms with Gasteiger partial charge in [-0.05, 0) is 31.4 Å². The summed E-state index contributed by atoms with van der Waals surface area (Å²) >= 11 is 0. The molecule has 0 aliphatic carbocycles. The van der Waals surface area contributed by atoms with E-state index in [0.29, 0.717) is 29.6 Å². The SMILES string of the molecule is CC1CC(C)N(Cc2ccc(C#N)cc2F)C1. The van der Waals surface area contributed by atoms with Gasteiger partial charge in [0.05, 0.1) is 11.6 Å². The van der Waals surface area contributed by atoms with Gasteiger partial charge in [0.25, 0.3) is 0 Å². The Morgan fingerprint density at radius 3 is 2.76 bits per heavy atom. The van der Waals surface area contributed by atoms with Gasteiger partial charge in [-0.2, -0.15) is 5.26 Å². The average molecular weight is 232 g/mol. The molecule has 17 heavy (non-hydrogen) atoms. The molecule has 0 N–H and O–H groups in total. The van der Waals surface area contributed by atoms with E-state index in [1.807, 2.05) is 6.07 Å². The molecule has 2 rings (SSSR count). The second kappa shape index (κ2) is 4.85. The van der Waals surface area contributed by atoms with Gasteiger partial charge in [0.15, 0.2) is 0 Å². The lowest BCUT2D eigenvalue weighted by Crippen LogP contribution is -2.27. The molecular weight excluding hydrogens is 215 g/mol. The predicted octanol–water partition coefficient (Wildman–Crippen LogP) is 2.93. The van der Waals surface area contributed by atoms with Crippen LogP contribution in [0.2, 0.25) is 0 Å². The minimum Gasteiger partial charge on any atom is -0.296 e. The molecule has 90 valence electrons. The molecule has 1 saturated heterocycles. The Bertz CT molecular complexity index is 450. The first-order valence-electron chi connectivity index (χ1n) is 6.02. The highest BCUT2D eigenvalue weighted by molar-refractivity contribution is 5.32. The molecule has 1 aliphatic rings. The Hall–Kier alpha value is -1.40. The standard InChI is InChI=1S/C14H17FN2/c1-10-5-11(2)17(8-10)9-13-4-3-12(7-16)6-14(13)15/h3-4,6,10-11H,5,8-9H2,1-2H3. The van der Waals surface area contributed by atoms with Crippen LogP contribution in [0.25, 0.3) is 0 Å². The molecule has 2 unspecified atom stereocenters. The second-order valence-corrected chi connectivity index (χ2v) is 5.04. The summed E-state index contributed by atoms with van der Waals surface area (Å²) in [6.45, 7) is 6.08. The van der Waals surface area contributed by atoms with Crippen LogP contribution in [0.15, 0.2) is 18.2 Å². The Labute approximate surface area is 102 Å². The van der Waals surface area contributed by atoms with Gasteiger partial charge in [0, 0.05) is 24.7 Å². The fraction of sp³-hybridized carbons (Fsp3) is 0.500. The first-order valence-corrected chi connectivity index (χ1v) is 6.02. The third-order valence-corrected chi connectivity index (χ3v) is 3.47. The molecule has 2 nitrogen and oxygen atoms in total. The van der Waals surface area contributed by atoms with Crippen molar-refractivity contribution in [1.29, 1.82) is 5.26 Å². The van der Waals surface area contributed by atoms with Crippen LogP contribution in [-0.2, 0) is 6.54 Å². The molecular formula is C14H17FN2.